The minimum Gasteiger partial charge on any atom is -0.343 e. The van der Waals surface area contributed by atoms with Gasteiger partial charge in [-0.3, -0.25) is 14.6 Å². The number of nitrogens with one attached hydrogen (secondary N) is 2. The number of hydroxylamine groups is 1. The monoisotopic (exact) mass is 489 g/mol. The van der Waals surface area contributed by atoms with E-state index in [0.29, 0.717) is 13.0 Å². The zero-order valence-corrected chi connectivity index (χ0v) is 22.0. The van der Waals surface area contributed by atoms with Crippen molar-refractivity contribution >= 4 is 35.1 Å². The molecule has 0 aliphatic carbocycles. The lowest BCUT2D eigenvalue weighted by Gasteiger charge is -2.10. The summed E-state index contributed by atoms with van der Waals surface area (Å²) in [6.07, 6.45) is 1.81. The van der Waals surface area contributed by atoms with Gasteiger partial charge in [-0.1, -0.05) is 87.5 Å². The number of thioether (sulfide) groups is 1. The number of amidine groups is 1. The summed E-state index contributed by atoms with van der Waals surface area (Å²) in [6.45, 7) is 14.0. The van der Waals surface area contributed by atoms with Crippen molar-refractivity contribution in [1.29, 1.82) is 0 Å². The van der Waals surface area contributed by atoms with Gasteiger partial charge < -0.3 is 5.32 Å². The number of rotatable bonds is 5. The molecule has 0 radical (unpaired) electrons. The van der Waals surface area contributed by atoms with Gasteiger partial charge in [0.05, 0.1) is 13.7 Å². The molecule has 2 N–H and O–H groups in total. The van der Waals surface area contributed by atoms with E-state index in [1.54, 1.807) is 11.8 Å². The fourth-order valence-electron chi connectivity index (χ4n) is 2.37. The second-order valence-electron chi connectivity index (χ2n) is 6.05. The van der Waals surface area contributed by atoms with Crippen molar-refractivity contribution < 1.29 is 9.63 Å². The molecule has 3 rings (SSSR count). The highest BCUT2D eigenvalue weighted by Crippen LogP contribution is 2.27. The third kappa shape index (κ3) is 12.3. The molecule has 0 aromatic heterocycles. The Kier molecular flexibility index (Phi) is 17.5. The van der Waals surface area contributed by atoms with Crippen LogP contribution in [0.4, 0.5) is 0 Å². The van der Waals surface area contributed by atoms with Gasteiger partial charge in [-0.05, 0) is 36.1 Å². The fourth-order valence-corrected chi connectivity index (χ4v) is 3.31. The SMILES string of the molecule is C=CCC(=O)NOC.CC.CC.CC1=CSc2ccccc2C(=NCc2ccc(Cl)cc2)N1. The van der Waals surface area contributed by atoms with Crippen molar-refractivity contribution in [3.05, 3.63) is 88.4 Å². The Balaban J connectivity index is 0.000000724. The van der Waals surface area contributed by atoms with Crippen molar-refractivity contribution in [3.63, 3.8) is 0 Å². The van der Waals surface area contributed by atoms with Crippen LogP contribution in [-0.2, 0) is 16.2 Å². The van der Waals surface area contributed by atoms with Crippen LogP contribution in [0.15, 0.2) is 82.2 Å². The molecule has 0 saturated heterocycles. The van der Waals surface area contributed by atoms with E-state index < -0.39 is 0 Å². The Labute approximate surface area is 208 Å². The first-order valence-electron chi connectivity index (χ1n) is 10.9. The molecular formula is C26H36ClN3O2S. The number of carbonyl (C=O) groups is 1. The smallest absolute Gasteiger partial charge is 0.247 e. The summed E-state index contributed by atoms with van der Waals surface area (Å²) in [5.74, 6) is 0.738. The van der Waals surface area contributed by atoms with Crippen molar-refractivity contribution in [2.24, 2.45) is 4.99 Å². The Bertz CT molecular complexity index is 897. The maximum atomic E-state index is 10.3. The van der Waals surface area contributed by atoms with Gasteiger partial charge in [-0.25, -0.2) is 5.48 Å². The molecule has 33 heavy (non-hydrogen) atoms. The Morgan fingerprint density at radius 2 is 1.79 bits per heavy atom. The van der Waals surface area contributed by atoms with Crippen molar-refractivity contribution in [2.75, 3.05) is 7.11 Å². The molecule has 0 spiro atoms. The van der Waals surface area contributed by atoms with Crippen molar-refractivity contribution in [3.8, 4) is 0 Å². The average Bonchev–Trinajstić information content (AvgIpc) is 3.01. The third-order valence-electron chi connectivity index (χ3n) is 3.70. The number of allylic oxidation sites excluding steroid dienone is 1. The van der Waals surface area contributed by atoms with E-state index in [1.165, 1.54) is 18.1 Å². The van der Waals surface area contributed by atoms with Gasteiger partial charge in [0, 0.05) is 27.6 Å². The summed E-state index contributed by atoms with van der Waals surface area (Å²) in [4.78, 5) is 20.6. The first kappa shape index (κ1) is 30.5. The van der Waals surface area contributed by atoms with E-state index in [-0.39, 0.29) is 5.91 Å². The number of hydrogen-bond donors (Lipinski definition) is 2. The van der Waals surface area contributed by atoms with Gasteiger partial charge in [0.25, 0.3) is 0 Å². The Hall–Kier alpha value is -2.54. The molecule has 1 heterocycles. The van der Waals surface area contributed by atoms with Crippen LogP contribution in [0.25, 0.3) is 0 Å². The quantitative estimate of drug-likeness (QED) is 0.346. The highest BCUT2D eigenvalue weighted by Gasteiger charge is 2.12. The lowest BCUT2D eigenvalue weighted by molar-refractivity contribution is -0.130. The fraction of sp³-hybridized carbons (Fsp3) is 0.308. The minimum absolute atomic E-state index is 0.178. The van der Waals surface area contributed by atoms with Crippen LogP contribution in [0, 0.1) is 0 Å². The summed E-state index contributed by atoms with van der Waals surface area (Å²) in [5.41, 5.74) is 5.53. The Morgan fingerprint density at radius 1 is 1.15 bits per heavy atom. The molecule has 5 nitrogen and oxygen atoms in total. The lowest BCUT2D eigenvalue weighted by atomic mass is 10.2. The second-order valence-corrected chi connectivity index (χ2v) is 7.40. The number of aliphatic imine (C=N–C) groups is 1. The molecule has 1 amide bonds. The number of nitrogens with zero attached hydrogens (tertiary/aromatic N) is 1. The van der Waals surface area contributed by atoms with Crippen molar-refractivity contribution in [1.82, 2.24) is 10.8 Å². The molecule has 1 aliphatic heterocycles. The highest BCUT2D eigenvalue weighted by molar-refractivity contribution is 8.02. The zero-order chi connectivity index (χ0) is 25.1. The molecule has 0 fully saturated rings. The summed E-state index contributed by atoms with van der Waals surface area (Å²) in [6, 6.07) is 16.1. The van der Waals surface area contributed by atoms with E-state index in [0.717, 1.165) is 27.7 Å². The molecule has 0 atom stereocenters. The van der Waals surface area contributed by atoms with Gasteiger partial charge in [-0.15, -0.1) is 6.58 Å². The minimum atomic E-state index is -0.178. The maximum Gasteiger partial charge on any atom is 0.247 e. The van der Waals surface area contributed by atoms with Gasteiger partial charge in [0.1, 0.15) is 5.84 Å². The van der Waals surface area contributed by atoms with Crippen LogP contribution >= 0.6 is 23.4 Å². The molecule has 0 bridgehead atoms. The number of halogens is 1. The molecule has 0 saturated carbocycles. The average molecular weight is 490 g/mol. The predicted octanol–water partition coefficient (Wildman–Crippen LogP) is 7.14. The van der Waals surface area contributed by atoms with Gasteiger partial charge >= 0.3 is 0 Å². The van der Waals surface area contributed by atoms with E-state index in [1.807, 2.05) is 58.0 Å². The number of amides is 1. The third-order valence-corrected chi connectivity index (χ3v) is 5.03. The van der Waals surface area contributed by atoms with E-state index >= 15 is 0 Å². The second kappa shape index (κ2) is 19.0. The molecule has 180 valence electrons. The van der Waals surface area contributed by atoms with Crippen LogP contribution in [-0.4, -0.2) is 18.9 Å². The molecular weight excluding hydrogens is 454 g/mol. The van der Waals surface area contributed by atoms with Gasteiger partial charge in [-0.2, -0.15) is 0 Å². The van der Waals surface area contributed by atoms with E-state index in [4.69, 9.17) is 16.6 Å². The molecule has 2 aromatic rings. The predicted molar refractivity (Wildman–Crippen MR) is 144 cm³/mol. The van der Waals surface area contributed by atoms with Crippen LogP contribution in [0.2, 0.25) is 5.02 Å². The van der Waals surface area contributed by atoms with Crippen LogP contribution in [0.3, 0.4) is 0 Å². The largest absolute Gasteiger partial charge is 0.343 e. The zero-order valence-electron chi connectivity index (χ0n) is 20.4. The molecule has 0 unspecified atom stereocenters. The number of hydrogen-bond acceptors (Lipinski definition) is 4. The van der Waals surface area contributed by atoms with Gasteiger partial charge in [0.2, 0.25) is 5.91 Å². The number of fused-ring (bicyclic) bond motifs is 1. The standard InChI is InChI=1S/C17H15ClN2S.C5H9NO2.2C2H6/c1-12-11-21-16-5-3-2-4-15(16)17(20-12)19-10-13-6-8-14(18)9-7-13;1-3-4-5(7)6-8-2;2*1-2/h2-9,11H,10H2,1H3,(H,19,20);3H,1,4H2,2H3,(H,6,7);2*1-2H3. The normalized spacial score (nSPS) is 12.5. The molecule has 1 aliphatic rings. The molecule has 7 heteroatoms. The summed E-state index contributed by atoms with van der Waals surface area (Å²) >= 11 is 7.63. The van der Waals surface area contributed by atoms with Crippen LogP contribution in [0.1, 0.15) is 52.2 Å². The molecule has 2 aromatic carbocycles. The van der Waals surface area contributed by atoms with Gasteiger partial charge in [0.15, 0.2) is 0 Å². The first-order chi connectivity index (χ1) is 16.0. The first-order valence-corrected chi connectivity index (χ1v) is 12.2. The summed E-state index contributed by atoms with van der Waals surface area (Å²) < 4.78 is 0. The number of carbonyl (C=O) groups excluding carboxylic acids is 1. The highest BCUT2D eigenvalue weighted by atomic mass is 35.5. The Morgan fingerprint density at radius 3 is 2.39 bits per heavy atom. The topological polar surface area (TPSA) is 62.7 Å². The van der Waals surface area contributed by atoms with E-state index in [9.17, 15) is 4.79 Å². The van der Waals surface area contributed by atoms with Crippen LogP contribution < -0.4 is 10.8 Å². The summed E-state index contributed by atoms with van der Waals surface area (Å²) in [5, 5.41) is 6.25. The van der Waals surface area contributed by atoms with Crippen LogP contribution in [0.5, 0.6) is 0 Å². The number of benzene rings is 2. The lowest BCUT2D eigenvalue weighted by Crippen LogP contribution is -2.22. The van der Waals surface area contributed by atoms with Crippen molar-refractivity contribution in [2.45, 2.75) is 52.5 Å². The maximum absolute atomic E-state index is 10.3. The summed E-state index contributed by atoms with van der Waals surface area (Å²) in [7, 11) is 1.39. The van der Waals surface area contributed by atoms with E-state index in [2.05, 4.69) is 52.7 Å².